The van der Waals surface area contributed by atoms with Crippen LogP contribution in [0.5, 0.6) is 5.75 Å². The van der Waals surface area contributed by atoms with Crippen molar-refractivity contribution >= 4 is 12.0 Å². The molecule has 0 spiro atoms. The first kappa shape index (κ1) is 17.2. The van der Waals surface area contributed by atoms with Gasteiger partial charge in [-0.05, 0) is 49.1 Å². The summed E-state index contributed by atoms with van der Waals surface area (Å²) < 4.78 is 4.44. The summed E-state index contributed by atoms with van der Waals surface area (Å²) in [4.78, 5) is 20.6. The van der Waals surface area contributed by atoms with Crippen molar-refractivity contribution in [1.82, 2.24) is 0 Å². The summed E-state index contributed by atoms with van der Waals surface area (Å²) in [6, 6.07) is 5.12. The third-order valence-corrected chi connectivity index (χ3v) is 3.10. The number of hydrogen-bond donors (Lipinski definition) is 2. The van der Waals surface area contributed by atoms with Crippen LogP contribution < -0.4 is 5.43 Å². The van der Waals surface area contributed by atoms with E-state index in [0.29, 0.717) is 0 Å². The Bertz CT molecular complexity index is 718. The highest BCUT2D eigenvalue weighted by molar-refractivity contribution is 5.85. The van der Waals surface area contributed by atoms with Gasteiger partial charge in [0.25, 0.3) is 0 Å². The number of aliphatic carboxylic acids is 1. The van der Waals surface area contributed by atoms with Gasteiger partial charge in [0.05, 0.1) is 6.26 Å². The van der Waals surface area contributed by atoms with Crippen LogP contribution in [0.15, 0.2) is 46.0 Å². The highest BCUT2D eigenvalue weighted by Crippen LogP contribution is 2.16. The summed E-state index contributed by atoms with van der Waals surface area (Å²) >= 11 is 0. The van der Waals surface area contributed by atoms with Gasteiger partial charge in [0.2, 0.25) is 5.43 Å². The largest absolute Gasteiger partial charge is 0.502 e. The standard InChI is InChI=1S/C12H14O2.C5H4O3/c1-8-6-11(4-5-12(13)14)7-9(2)10(8)3;6-4-1-2-8-3-5(4)7/h4-7H,1-3H3,(H,13,14);1-3,7H. The van der Waals surface area contributed by atoms with Crippen molar-refractivity contribution in [2.45, 2.75) is 20.8 Å². The van der Waals surface area contributed by atoms with E-state index in [2.05, 4.69) is 11.3 Å². The maximum absolute atomic E-state index is 10.3. The molecule has 0 radical (unpaired) electrons. The molecular formula is C17H18O5. The fourth-order valence-electron chi connectivity index (χ4n) is 1.68. The maximum atomic E-state index is 10.3. The highest BCUT2D eigenvalue weighted by atomic mass is 16.4. The molecule has 1 aromatic carbocycles. The molecule has 0 bridgehead atoms. The van der Waals surface area contributed by atoms with Crippen molar-refractivity contribution in [2.24, 2.45) is 0 Å². The average Bonchev–Trinajstić information content (AvgIpc) is 2.46. The molecule has 0 fully saturated rings. The lowest BCUT2D eigenvalue weighted by atomic mass is 10.0. The van der Waals surface area contributed by atoms with Crippen LogP contribution in [0, 0.1) is 20.8 Å². The van der Waals surface area contributed by atoms with Crippen LogP contribution in [0.3, 0.4) is 0 Å². The van der Waals surface area contributed by atoms with Crippen LogP contribution in [-0.2, 0) is 4.79 Å². The second-order valence-corrected chi connectivity index (χ2v) is 4.76. The Morgan fingerprint density at radius 1 is 1.18 bits per heavy atom. The van der Waals surface area contributed by atoms with Gasteiger partial charge in [-0.1, -0.05) is 12.1 Å². The molecule has 5 heteroatoms. The van der Waals surface area contributed by atoms with E-state index < -0.39 is 11.4 Å². The van der Waals surface area contributed by atoms with E-state index in [1.54, 1.807) is 6.08 Å². The van der Waals surface area contributed by atoms with Gasteiger partial charge in [-0.25, -0.2) is 4.79 Å². The van der Waals surface area contributed by atoms with Gasteiger partial charge in [0.15, 0.2) is 5.75 Å². The fourth-order valence-corrected chi connectivity index (χ4v) is 1.68. The smallest absolute Gasteiger partial charge is 0.328 e. The van der Waals surface area contributed by atoms with E-state index in [1.165, 1.54) is 23.0 Å². The Balaban J connectivity index is 0.000000255. The van der Waals surface area contributed by atoms with E-state index in [9.17, 15) is 9.59 Å². The van der Waals surface area contributed by atoms with Gasteiger partial charge in [0, 0.05) is 12.1 Å². The molecule has 0 aliphatic heterocycles. The van der Waals surface area contributed by atoms with Crippen molar-refractivity contribution < 1.29 is 19.4 Å². The number of aryl methyl sites for hydroxylation is 2. The quantitative estimate of drug-likeness (QED) is 0.832. The predicted molar refractivity (Wildman–Crippen MR) is 84.0 cm³/mol. The number of aromatic hydroxyl groups is 1. The normalized spacial score (nSPS) is 10.1. The minimum Gasteiger partial charge on any atom is -0.502 e. The third-order valence-electron chi connectivity index (χ3n) is 3.10. The number of rotatable bonds is 2. The van der Waals surface area contributed by atoms with Crippen molar-refractivity contribution in [3.05, 3.63) is 69.3 Å². The second-order valence-electron chi connectivity index (χ2n) is 4.76. The fraction of sp³-hybridized carbons (Fsp3) is 0.176. The zero-order valence-corrected chi connectivity index (χ0v) is 12.7. The zero-order chi connectivity index (χ0) is 16.7. The number of carboxylic acids is 1. The minimum atomic E-state index is -0.916. The number of hydrogen-bond acceptors (Lipinski definition) is 4. The first-order valence-electron chi connectivity index (χ1n) is 6.55. The van der Waals surface area contributed by atoms with Gasteiger partial charge in [0.1, 0.15) is 6.26 Å². The van der Waals surface area contributed by atoms with Gasteiger partial charge in [-0.3, -0.25) is 4.79 Å². The van der Waals surface area contributed by atoms with E-state index in [4.69, 9.17) is 10.2 Å². The SMILES string of the molecule is Cc1cc(C=CC(=O)O)cc(C)c1C.O=c1ccocc1O. The van der Waals surface area contributed by atoms with Gasteiger partial charge < -0.3 is 14.6 Å². The van der Waals surface area contributed by atoms with Crippen molar-refractivity contribution in [3.63, 3.8) is 0 Å². The lowest BCUT2D eigenvalue weighted by Crippen LogP contribution is -1.93. The Labute approximate surface area is 128 Å². The third kappa shape index (κ3) is 5.28. The highest BCUT2D eigenvalue weighted by Gasteiger charge is 1.98. The summed E-state index contributed by atoms with van der Waals surface area (Å²) in [5, 5.41) is 17.0. The minimum absolute atomic E-state index is 0.354. The van der Waals surface area contributed by atoms with Crippen molar-refractivity contribution in [2.75, 3.05) is 0 Å². The second kappa shape index (κ2) is 7.83. The van der Waals surface area contributed by atoms with E-state index >= 15 is 0 Å². The summed E-state index contributed by atoms with van der Waals surface area (Å²) in [6.45, 7) is 6.12. The Morgan fingerprint density at radius 2 is 1.77 bits per heavy atom. The molecule has 0 atom stereocenters. The molecule has 2 aromatic rings. The molecule has 116 valence electrons. The maximum Gasteiger partial charge on any atom is 0.328 e. The molecule has 0 amide bonds. The number of carboxylic acid groups (broad SMARTS) is 1. The average molecular weight is 302 g/mol. The molecule has 2 N–H and O–H groups in total. The molecule has 0 aliphatic rings. The topological polar surface area (TPSA) is 87.7 Å². The summed E-state index contributed by atoms with van der Waals surface area (Å²) in [6.07, 6.45) is 4.97. The Kier molecular flexibility index (Phi) is 6.13. The van der Waals surface area contributed by atoms with Gasteiger partial charge in [-0.2, -0.15) is 0 Å². The first-order chi connectivity index (χ1) is 10.3. The lowest BCUT2D eigenvalue weighted by molar-refractivity contribution is -0.131. The van der Waals surface area contributed by atoms with Gasteiger partial charge >= 0.3 is 5.97 Å². The number of carbonyl (C=O) groups is 1. The molecule has 5 nitrogen and oxygen atoms in total. The van der Waals surface area contributed by atoms with E-state index in [-0.39, 0.29) is 5.75 Å². The molecule has 0 saturated heterocycles. The monoisotopic (exact) mass is 302 g/mol. The first-order valence-corrected chi connectivity index (χ1v) is 6.55. The van der Waals surface area contributed by atoms with Crippen LogP contribution in [0.4, 0.5) is 0 Å². The van der Waals surface area contributed by atoms with Crippen LogP contribution in [0.25, 0.3) is 6.08 Å². The Morgan fingerprint density at radius 3 is 2.18 bits per heavy atom. The molecule has 0 unspecified atom stereocenters. The molecule has 0 saturated carbocycles. The molecular weight excluding hydrogens is 284 g/mol. The molecule has 2 rings (SSSR count). The summed E-state index contributed by atoms with van der Waals surface area (Å²) in [5.41, 5.74) is 4.16. The Hall–Kier alpha value is -2.82. The zero-order valence-electron chi connectivity index (χ0n) is 12.7. The van der Waals surface area contributed by atoms with Crippen LogP contribution in [0.2, 0.25) is 0 Å². The molecule has 1 heterocycles. The molecule has 1 aromatic heterocycles. The van der Waals surface area contributed by atoms with Crippen LogP contribution in [0.1, 0.15) is 22.3 Å². The predicted octanol–water partition coefficient (Wildman–Crippen LogP) is 3.06. The lowest BCUT2D eigenvalue weighted by Gasteiger charge is -2.05. The molecule has 0 aliphatic carbocycles. The van der Waals surface area contributed by atoms with Crippen molar-refractivity contribution in [1.29, 1.82) is 0 Å². The van der Waals surface area contributed by atoms with E-state index in [0.717, 1.165) is 24.0 Å². The van der Waals surface area contributed by atoms with Crippen LogP contribution >= 0.6 is 0 Å². The van der Waals surface area contributed by atoms with E-state index in [1.807, 2.05) is 26.0 Å². The summed E-state index contributed by atoms with van der Waals surface area (Å²) in [5.74, 6) is -1.27. The molecule has 22 heavy (non-hydrogen) atoms. The summed E-state index contributed by atoms with van der Waals surface area (Å²) in [7, 11) is 0. The van der Waals surface area contributed by atoms with Gasteiger partial charge in [-0.15, -0.1) is 0 Å². The van der Waals surface area contributed by atoms with Crippen LogP contribution in [-0.4, -0.2) is 16.2 Å². The number of benzene rings is 1. The van der Waals surface area contributed by atoms with Crippen molar-refractivity contribution in [3.8, 4) is 5.75 Å².